The van der Waals surface area contributed by atoms with E-state index < -0.39 is 29.6 Å². The van der Waals surface area contributed by atoms with Crippen molar-refractivity contribution in [3.05, 3.63) is 60.2 Å². The molecule has 0 spiro atoms. The molecule has 2 aromatic rings. The zero-order valence-corrected chi connectivity index (χ0v) is 13.6. The number of rotatable bonds is 6. The Balaban J connectivity index is 1.83. The fourth-order valence-electron chi connectivity index (χ4n) is 1.77. The van der Waals surface area contributed by atoms with Gasteiger partial charge >= 0.3 is 5.97 Å². The van der Waals surface area contributed by atoms with Crippen LogP contribution < -0.4 is 5.32 Å². The average Bonchev–Trinajstić information content (AvgIpc) is 2.56. The van der Waals surface area contributed by atoms with Crippen LogP contribution >= 0.6 is 11.8 Å². The second-order valence-corrected chi connectivity index (χ2v) is 5.90. The number of anilines is 1. The van der Waals surface area contributed by atoms with Gasteiger partial charge in [0.15, 0.2) is 6.10 Å². The van der Waals surface area contributed by atoms with Gasteiger partial charge in [0.2, 0.25) is 0 Å². The molecule has 1 N–H and O–H groups in total. The van der Waals surface area contributed by atoms with Crippen molar-refractivity contribution in [2.24, 2.45) is 0 Å². The lowest BCUT2D eigenvalue weighted by Crippen LogP contribution is -2.30. The van der Waals surface area contributed by atoms with Gasteiger partial charge in [-0.1, -0.05) is 18.2 Å². The SMILES string of the molecule is C[C@H](OC(=O)CSc1ccccc1)C(=O)Nc1ccc(F)cc1F. The summed E-state index contributed by atoms with van der Waals surface area (Å²) in [7, 11) is 0. The number of carbonyl (C=O) groups is 2. The van der Waals surface area contributed by atoms with Crippen molar-refractivity contribution in [2.75, 3.05) is 11.1 Å². The number of amides is 1. The Morgan fingerprint density at radius 3 is 2.54 bits per heavy atom. The van der Waals surface area contributed by atoms with Gasteiger partial charge in [-0.25, -0.2) is 8.78 Å². The smallest absolute Gasteiger partial charge is 0.317 e. The lowest BCUT2D eigenvalue weighted by molar-refractivity contribution is -0.150. The van der Waals surface area contributed by atoms with Crippen LogP contribution in [-0.2, 0) is 14.3 Å². The first-order valence-electron chi connectivity index (χ1n) is 7.09. The highest BCUT2D eigenvalue weighted by molar-refractivity contribution is 8.00. The predicted molar refractivity (Wildman–Crippen MR) is 87.7 cm³/mol. The highest BCUT2D eigenvalue weighted by atomic mass is 32.2. The molecule has 7 heteroatoms. The molecule has 0 unspecified atom stereocenters. The van der Waals surface area contributed by atoms with Crippen LogP contribution in [0.4, 0.5) is 14.5 Å². The third-order valence-electron chi connectivity index (χ3n) is 2.97. The van der Waals surface area contributed by atoms with Gasteiger partial charge in [0.25, 0.3) is 5.91 Å². The summed E-state index contributed by atoms with van der Waals surface area (Å²) in [5, 5.41) is 2.25. The topological polar surface area (TPSA) is 55.4 Å². The summed E-state index contributed by atoms with van der Waals surface area (Å²) >= 11 is 1.28. The molecule has 1 amide bonds. The molecule has 0 saturated heterocycles. The number of hydrogen-bond donors (Lipinski definition) is 1. The number of hydrogen-bond acceptors (Lipinski definition) is 4. The lowest BCUT2D eigenvalue weighted by Gasteiger charge is -2.14. The van der Waals surface area contributed by atoms with E-state index in [1.165, 1.54) is 18.7 Å². The van der Waals surface area contributed by atoms with Gasteiger partial charge in [0, 0.05) is 11.0 Å². The molecule has 2 rings (SSSR count). The maximum Gasteiger partial charge on any atom is 0.317 e. The maximum absolute atomic E-state index is 13.5. The Bertz CT molecular complexity index is 725. The minimum absolute atomic E-state index is 0.0482. The first-order valence-corrected chi connectivity index (χ1v) is 8.07. The van der Waals surface area contributed by atoms with Gasteiger partial charge in [-0.05, 0) is 31.2 Å². The molecule has 2 aromatic carbocycles. The Hall–Kier alpha value is -2.41. The number of ether oxygens (including phenoxy) is 1. The zero-order chi connectivity index (χ0) is 17.5. The molecule has 4 nitrogen and oxygen atoms in total. The van der Waals surface area contributed by atoms with Gasteiger partial charge in [-0.15, -0.1) is 11.8 Å². The first kappa shape index (κ1) is 17.9. The molecule has 0 aliphatic carbocycles. The van der Waals surface area contributed by atoms with Crippen LogP contribution in [0.5, 0.6) is 0 Å². The zero-order valence-electron chi connectivity index (χ0n) is 12.8. The van der Waals surface area contributed by atoms with E-state index in [4.69, 9.17) is 4.74 Å². The molecule has 0 radical (unpaired) electrons. The van der Waals surface area contributed by atoms with Gasteiger partial charge in [-0.2, -0.15) is 0 Å². The largest absolute Gasteiger partial charge is 0.452 e. The molecule has 126 valence electrons. The molecular weight excluding hydrogens is 336 g/mol. The Morgan fingerprint density at radius 2 is 1.88 bits per heavy atom. The molecule has 0 aliphatic rings. The molecule has 0 aliphatic heterocycles. The summed E-state index contributed by atoms with van der Waals surface area (Å²) in [6.07, 6.45) is -1.10. The number of esters is 1. The minimum Gasteiger partial charge on any atom is -0.452 e. The van der Waals surface area contributed by atoms with Crippen LogP contribution in [0, 0.1) is 11.6 Å². The third kappa shape index (κ3) is 5.34. The van der Waals surface area contributed by atoms with Crippen molar-refractivity contribution in [1.82, 2.24) is 0 Å². The average molecular weight is 351 g/mol. The van der Waals surface area contributed by atoms with E-state index in [1.54, 1.807) is 0 Å². The van der Waals surface area contributed by atoms with E-state index in [2.05, 4.69) is 5.32 Å². The third-order valence-corrected chi connectivity index (χ3v) is 3.95. The summed E-state index contributed by atoms with van der Waals surface area (Å²) < 4.78 is 31.3. The normalized spacial score (nSPS) is 11.6. The van der Waals surface area contributed by atoms with Crippen LogP contribution in [0.15, 0.2) is 53.4 Å². The quantitative estimate of drug-likeness (QED) is 0.638. The van der Waals surface area contributed by atoms with E-state index in [9.17, 15) is 18.4 Å². The minimum atomic E-state index is -1.10. The fourth-order valence-corrected chi connectivity index (χ4v) is 2.47. The van der Waals surface area contributed by atoms with Crippen LogP contribution in [0.3, 0.4) is 0 Å². The molecule has 0 saturated carbocycles. The van der Waals surface area contributed by atoms with E-state index in [-0.39, 0.29) is 11.4 Å². The maximum atomic E-state index is 13.5. The first-order chi connectivity index (χ1) is 11.5. The molecule has 0 heterocycles. The molecule has 0 fully saturated rings. The van der Waals surface area contributed by atoms with E-state index in [0.29, 0.717) is 6.07 Å². The predicted octanol–water partition coefficient (Wildman–Crippen LogP) is 3.63. The van der Waals surface area contributed by atoms with Gasteiger partial charge in [-0.3, -0.25) is 9.59 Å². The summed E-state index contributed by atoms with van der Waals surface area (Å²) in [6.45, 7) is 1.38. The molecular formula is C17H15F2NO3S. The number of benzene rings is 2. The number of nitrogens with one attached hydrogen (secondary N) is 1. The lowest BCUT2D eigenvalue weighted by atomic mass is 10.2. The van der Waals surface area contributed by atoms with Crippen molar-refractivity contribution in [3.63, 3.8) is 0 Å². The summed E-state index contributed by atoms with van der Waals surface area (Å²) in [5.41, 5.74) is -0.178. The van der Waals surface area contributed by atoms with Crippen LogP contribution in [0.2, 0.25) is 0 Å². The van der Waals surface area contributed by atoms with Gasteiger partial charge in [0.1, 0.15) is 11.6 Å². The van der Waals surface area contributed by atoms with E-state index >= 15 is 0 Å². The Labute approximate surface area is 142 Å². The molecule has 24 heavy (non-hydrogen) atoms. The van der Waals surface area contributed by atoms with Crippen molar-refractivity contribution in [1.29, 1.82) is 0 Å². The van der Waals surface area contributed by atoms with Crippen LogP contribution in [0.1, 0.15) is 6.92 Å². The second-order valence-electron chi connectivity index (χ2n) is 4.85. The Morgan fingerprint density at radius 1 is 1.17 bits per heavy atom. The number of carbonyl (C=O) groups excluding carboxylic acids is 2. The van der Waals surface area contributed by atoms with Crippen molar-refractivity contribution >= 4 is 29.3 Å². The van der Waals surface area contributed by atoms with Crippen molar-refractivity contribution in [2.45, 2.75) is 17.9 Å². The highest BCUT2D eigenvalue weighted by Gasteiger charge is 2.19. The summed E-state index contributed by atoms with van der Waals surface area (Å²) in [5.74, 6) is -2.86. The van der Waals surface area contributed by atoms with Gasteiger partial charge < -0.3 is 10.1 Å². The van der Waals surface area contributed by atoms with Crippen molar-refractivity contribution in [3.8, 4) is 0 Å². The Kier molecular flexibility index (Phi) is 6.31. The van der Waals surface area contributed by atoms with Gasteiger partial charge in [0.05, 0.1) is 11.4 Å². The number of thioether (sulfide) groups is 1. The van der Waals surface area contributed by atoms with Crippen LogP contribution in [-0.4, -0.2) is 23.7 Å². The monoisotopic (exact) mass is 351 g/mol. The standard InChI is InChI=1S/C17H15F2NO3S/c1-11(17(22)20-15-8-7-12(18)9-14(15)19)23-16(21)10-24-13-5-3-2-4-6-13/h2-9,11H,10H2,1H3,(H,20,22)/t11-/m0/s1. The molecule has 0 bridgehead atoms. The highest BCUT2D eigenvalue weighted by Crippen LogP contribution is 2.18. The molecule has 0 aromatic heterocycles. The molecule has 1 atom stereocenters. The second kappa shape index (κ2) is 8.44. The van der Waals surface area contributed by atoms with E-state index in [0.717, 1.165) is 17.0 Å². The van der Waals surface area contributed by atoms with Crippen LogP contribution in [0.25, 0.3) is 0 Å². The summed E-state index contributed by atoms with van der Waals surface area (Å²) in [4.78, 5) is 24.6. The summed E-state index contributed by atoms with van der Waals surface area (Å²) in [6, 6.07) is 12.0. The van der Waals surface area contributed by atoms with Crippen molar-refractivity contribution < 1.29 is 23.1 Å². The number of halogens is 2. The van der Waals surface area contributed by atoms with E-state index in [1.807, 2.05) is 30.3 Å². The fraction of sp³-hybridized carbons (Fsp3) is 0.176.